The summed E-state index contributed by atoms with van der Waals surface area (Å²) in [5.41, 5.74) is 0.750. The average Bonchev–Trinajstić information content (AvgIpc) is 2.75. The van der Waals surface area contributed by atoms with Crippen molar-refractivity contribution >= 4 is 23.6 Å². The highest BCUT2D eigenvalue weighted by molar-refractivity contribution is 6.43. The summed E-state index contributed by atoms with van der Waals surface area (Å²) >= 11 is 5.73. The molecule has 1 aromatic rings. The molecule has 1 aliphatic heterocycles. The number of ether oxygens (including phenoxy) is 3. The van der Waals surface area contributed by atoms with Gasteiger partial charge in [-0.25, -0.2) is 4.79 Å². The minimum absolute atomic E-state index is 0.0152. The van der Waals surface area contributed by atoms with Crippen LogP contribution in [0.4, 0.5) is 0 Å². The van der Waals surface area contributed by atoms with E-state index in [1.165, 1.54) is 13.2 Å². The summed E-state index contributed by atoms with van der Waals surface area (Å²) in [6.45, 7) is 0.216. The van der Waals surface area contributed by atoms with Gasteiger partial charge in [-0.15, -0.1) is 0 Å². The summed E-state index contributed by atoms with van der Waals surface area (Å²) in [6, 6.07) is 5.28. The standard InChI is InChI=1S/C11H9ClO4/c1-14-11(13)8(12)4-7-2-3-9-10(5-7)16-6-15-9/h2-5H,6H2,1H3. The molecule has 16 heavy (non-hydrogen) atoms. The molecule has 0 saturated carbocycles. The van der Waals surface area contributed by atoms with E-state index in [9.17, 15) is 4.79 Å². The van der Waals surface area contributed by atoms with Gasteiger partial charge < -0.3 is 14.2 Å². The first-order valence-electron chi connectivity index (χ1n) is 4.56. The fourth-order valence-electron chi connectivity index (χ4n) is 1.31. The highest BCUT2D eigenvalue weighted by Crippen LogP contribution is 2.33. The molecule has 84 valence electrons. The van der Waals surface area contributed by atoms with Crippen LogP contribution < -0.4 is 9.47 Å². The highest BCUT2D eigenvalue weighted by Gasteiger charge is 2.13. The number of esters is 1. The van der Waals surface area contributed by atoms with Crippen LogP contribution in [0.2, 0.25) is 0 Å². The van der Waals surface area contributed by atoms with Crippen molar-refractivity contribution in [1.29, 1.82) is 0 Å². The largest absolute Gasteiger partial charge is 0.465 e. The summed E-state index contributed by atoms with van der Waals surface area (Å²) < 4.78 is 14.8. The monoisotopic (exact) mass is 240 g/mol. The van der Waals surface area contributed by atoms with Gasteiger partial charge in [0.05, 0.1) is 7.11 Å². The topological polar surface area (TPSA) is 44.8 Å². The maximum Gasteiger partial charge on any atom is 0.349 e. The van der Waals surface area contributed by atoms with E-state index in [1.807, 2.05) is 0 Å². The summed E-state index contributed by atoms with van der Waals surface area (Å²) in [4.78, 5) is 11.1. The molecule has 1 aliphatic rings. The Morgan fingerprint density at radius 3 is 2.94 bits per heavy atom. The van der Waals surface area contributed by atoms with Gasteiger partial charge in [0.25, 0.3) is 0 Å². The normalized spacial score (nSPS) is 13.8. The summed E-state index contributed by atoms with van der Waals surface area (Å²) in [5.74, 6) is 0.758. The maximum absolute atomic E-state index is 11.1. The molecule has 1 aromatic carbocycles. The molecule has 0 spiro atoms. The fourth-order valence-corrected chi connectivity index (χ4v) is 1.51. The maximum atomic E-state index is 11.1. The van der Waals surface area contributed by atoms with Crippen molar-refractivity contribution in [3.63, 3.8) is 0 Å². The van der Waals surface area contributed by atoms with Gasteiger partial charge >= 0.3 is 5.97 Å². The minimum Gasteiger partial charge on any atom is -0.465 e. The smallest absolute Gasteiger partial charge is 0.349 e. The molecule has 0 atom stereocenters. The SMILES string of the molecule is COC(=O)C(Cl)=Cc1ccc2c(c1)OCO2. The summed E-state index contributed by atoms with van der Waals surface area (Å²) in [5, 5.41) is 0.0152. The third-order valence-electron chi connectivity index (χ3n) is 2.07. The first-order valence-corrected chi connectivity index (χ1v) is 4.93. The third kappa shape index (κ3) is 2.12. The van der Waals surface area contributed by atoms with Gasteiger partial charge in [-0.05, 0) is 23.8 Å². The number of rotatable bonds is 2. The van der Waals surface area contributed by atoms with E-state index in [0.29, 0.717) is 11.5 Å². The van der Waals surface area contributed by atoms with Crippen molar-refractivity contribution in [2.24, 2.45) is 0 Å². The Labute approximate surface area is 97.4 Å². The molecule has 4 nitrogen and oxygen atoms in total. The van der Waals surface area contributed by atoms with Crippen LogP contribution in [0.1, 0.15) is 5.56 Å². The quantitative estimate of drug-likeness (QED) is 0.587. The van der Waals surface area contributed by atoms with Crippen molar-refractivity contribution in [2.45, 2.75) is 0 Å². The van der Waals surface area contributed by atoms with Crippen LogP contribution >= 0.6 is 11.6 Å². The van der Waals surface area contributed by atoms with E-state index in [-0.39, 0.29) is 11.8 Å². The van der Waals surface area contributed by atoms with Crippen LogP contribution in [0.3, 0.4) is 0 Å². The Morgan fingerprint density at radius 2 is 2.19 bits per heavy atom. The van der Waals surface area contributed by atoms with Crippen LogP contribution in [0.15, 0.2) is 23.2 Å². The lowest BCUT2D eigenvalue weighted by atomic mass is 10.2. The number of hydrogen-bond acceptors (Lipinski definition) is 4. The Hall–Kier alpha value is -1.68. The molecule has 0 aliphatic carbocycles. The van der Waals surface area contributed by atoms with Crippen molar-refractivity contribution in [2.75, 3.05) is 13.9 Å². The average molecular weight is 241 g/mol. The Kier molecular flexibility index (Phi) is 3.01. The van der Waals surface area contributed by atoms with Crippen molar-refractivity contribution < 1.29 is 19.0 Å². The van der Waals surface area contributed by atoms with Gasteiger partial charge in [-0.2, -0.15) is 0 Å². The van der Waals surface area contributed by atoms with Gasteiger partial charge in [-0.1, -0.05) is 17.7 Å². The molecule has 0 N–H and O–H groups in total. The molecule has 2 rings (SSSR count). The van der Waals surface area contributed by atoms with E-state index < -0.39 is 5.97 Å². The zero-order valence-electron chi connectivity index (χ0n) is 8.53. The molecular weight excluding hydrogens is 232 g/mol. The lowest BCUT2D eigenvalue weighted by Crippen LogP contribution is -1.99. The van der Waals surface area contributed by atoms with Gasteiger partial charge in [0.2, 0.25) is 6.79 Å². The minimum atomic E-state index is -0.570. The fraction of sp³-hybridized carbons (Fsp3) is 0.182. The van der Waals surface area contributed by atoms with E-state index in [1.54, 1.807) is 18.2 Å². The number of carbonyl (C=O) groups excluding carboxylic acids is 1. The molecular formula is C11H9ClO4. The second kappa shape index (κ2) is 4.45. The number of methoxy groups -OCH3 is 1. The van der Waals surface area contributed by atoms with Crippen LogP contribution in [0, 0.1) is 0 Å². The summed E-state index contributed by atoms with van der Waals surface area (Å²) in [7, 11) is 1.28. The lowest BCUT2D eigenvalue weighted by molar-refractivity contribution is -0.135. The second-order valence-corrected chi connectivity index (χ2v) is 3.50. The predicted octanol–water partition coefficient (Wildman–Crippen LogP) is 2.17. The third-order valence-corrected chi connectivity index (χ3v) is 2.33. The Morgan fingerprint density at radius 1 is 1.44 bits per heavy atom. The Bertz CT molecular complexity index is 453. The van der Waals surface area contributed by atoms with Crippen molar-refractivity contribution in [3.8, 4) is 11.5 Å². The predicted molar refractivity (Wildman–Crippen MR) is 58.4 cm³/mol. The second-order valence-electron chi connectivity index (χ2n) is 3.10. The Balaban J connectivity index is 2.25. The van der Waals surface area contributed by atoms with Crippen molar-refractivity contribution in [3.05, 3.63) is 28.8 Å². The van der Waals surface area contributed by atoms with Gasteiger partial charge in [0.15, 0.2) is 11.5 Å². The number of carbonyl (C=O) groups is 1. The zero-order valence-corrected chi connectivity index (χ0v) is 9.28. The van der Waals surface area contributed by atoms with E-state index in [4.69, 9.17) is 21.1 Å². The molecule has 0 bridgehead atoms. The number of fused-ring (bicyclic) bond motifs is 1. The van der Waals surface area contributed by atoms with E-state index in [2.05, 4.69) is 4.74 Å². The van der Waals surface area contributed by atoms with Crippen LogP contribution in [0.5, 0.6) is 11.5 Å². The molecule has 0 fully saturated rings. The van der Waals surface area contributed by atoms with Crippen LogP contribution in [-0.2, 0) is 9.53 Å². The zero-order chi connectivity index (χ0) is 11.5. The van der Waals surface area contributed by atoms with E-state index in [0.717, 1.165) is 5.56 Å². The van der Waals surface area contributed by atoms with Gasteiger partial charge in [-0.3, -0.25) is 0 Å². The number of halogens is 1. The highest BCUT2D eigenvalue weighted by atomic mass is 35.5. The molecule has 0 unspecified atom stereocenters. The molecule has 0 aromatic heterocycles. The first-order chi connectivity index (χ1) is 7.70. The molecule has 5 heteroatoms. The molecule has 1 heterocycles. The van der Waals surface area contributed by atoms with Crippen LogP contribution in [-0.4, -0.2) is 19.9 Å². The van der Waals surface area contributed by atoms with Gasteiger partial charge in [0.1, 0.15) is 5.03 Å². The lowest BCUT2D eigenvalue weighted by Gasteiger charge is -1.99. The van der Waals surface area contributed by atoms with E-state index >= 15 is 0 Å². The van der Waals surface area contributed by atoms with Crippen LogP contribution in [0.25, 0.3) is 6.08 Å². The van der Waals surface area contributed by atoms with Crippen molar-refractivity contribution in [1.82, 2.24) is 0 Å². The molecule has 0 saturated heterocycles. The molecule has 0 amide bonds. The molecule has 0 radical (unpaired) electrons. The number of benzene rings is 1. The summed E-state index contributed by atoms with van der Waals surface area (Å²) in [6.07, 6.45) is 1.51. The van der Waals surface area contributed by atoms with Gasteiger partial charge in [0, 0.05) is 0 Å². The number of hydrogen-bond donors (Lipinski definition) is 0. The first kappa shape index (κ1) is 10.8.